The van der Waals surface area contributed by atoms with Crippen molar-refractivity contribution in [2.75, 3.05) is 11.5 Å². The lowest BCUT2D eigenvalue weighted by molar-refractivity contribution is 0.0787. The van der Waals surface area contributed by atoms with E-state index in [4.69, 9.17) is 0 Å². The fourth-order valence-corrected chi connectivity index (χ4v) is 4.45. The molecule has 2 atom stereocenters. The number of aliphatic hydroxyl groups excluding tert-OH is 1. The van der Waals surface area contributed by atoms with Crippen molar-refractivity contribution in [2.24, 2.45) is 5.41 Å². The number of hydrogen-bond acceptors (Lipinski definition) is 4. The Morgan fingerprint density at radius 1 is 1.53 bits per heavy atom. The molecule has 1 aromatic rings. The standard InChI is InChI=1S/C13H14FNO3S/c1-9-6-10(14)2-3-11(9)12(16)13(7-15)4-5-19(17,18)8-13/h2-3,6,12,16H,4-5,8H2,1H3. The van der Waals surface area contributed by atoms with Gasteiger partial charge >= 0.3 is 0 Å². The number of aryl methyl sites for hydroxylation is 1. The number of aliphatic hydroxyl groups is 1. The van der Waals surface area contributed by atoms with Gasteiger partial charge in [-0.05, 0) is 36.6 Å². The Morgan fingerprint density at radius 2 is 2.21 bits per heavy atom. The van der Waals surface area contributed by atoms with Gasteiger partial charge in [0.05, 0.1) is 23.7 Å². The molecule has 1 aromatic carbocycles. The van der Waals surface area contributed by atoms with Crippen LogP contribution in [-0.2, 0) is 9.84 Å². The van der Waals surface area contributed by atoms with Gasteiger partial charge in [0.25, 0.3) is 0 Å². The minimum atomic E-state index is -3.30. The summed E-state index contributed by atoms with van der Waals surface area (Å²) in [6.45, 7) is 1.62. The molecule has 0 amide bonds. The van der Waals surface area contributed by atoms with E-state index < -0.39 is 27.2 Å². The fraction of sp³-hybridized carbons (Fsp3) is 0.462. The summed E-state index contributed by atoms with van der Waals surface area (Å²) in [6, 6.07) is 5.80. The molecule has 1 aliphatic rings. The maximum atomic E-state index is 13.0. The minimum absolute atomic E-state index is 0.0993. The molecule has 0 saturated carbocycles. The van der Waals surface area contributed by atoms with Crippen molar-refractivity contribution in [2.45, 2.75) is 19.4 Å². The zero-order valence-electron chi connectivity index (χ0n) is 10.4. The van der Waals surface area contributed by atoms with Crippen molar-refractivity contribution in [3.63, 3.8) is 0 Å². The van der Waals surface area contributed by atoms with Crippen molar-refractivity contribution in [1.29, 1.82) is 5.26 Å². The predicted molar refractivity (Wildman–Crippen MR) is 67.4 cm³/mol. The molecule has 102 valence electrons. The first kappa shape index (κ1) is 14.0. The molecule has 1 saturated heterocycles. The molecule has 2 unspecified atom stereocenters. The zero-order chi connectivity index (χ0) is 14.3. The Bertz CT molecular complexity index is 650. The highest BCUT2D eigenvalue weighted by atomic mass is 32.2. The first-order chi connectivity index (χ1) is 8.80. The highest BCUT2D eigenvalue weighted by Gasteiger charge is 2.48. The molecule has 0 aromatic heterocycles. The van der Waals surface area contributed by atoms with Gasteiger partial charge in [-0.25, -0.2) is 12.8 Å². The Balaban J connectivity index is 2.43. The van der Waals surface area contributed by atoms with E-state index in [0.29, 0.717) is 11.1 Å². The van der Waals surface area contributed by atoms with Crippen LogP contribution in [0.15, 0.2) is 18.2 Å². The van der Waals surface area contributed by atoms with E-state index >= 15 is 0 Å². The third kappa shape index (κ3) is 2.48. The second-order valence-electron chi connectivity index (χ2n) is 5.01. The molecule has 4 nitrogen and oxygen atoms in total. The minimum Gasteiger partial charge on any atom is -0.387 e. The Morgan fingerprint density at radius 3 is 2.68 bits per heavy atom. The van der Waals surface area contributed by atoms with Crippen LogP contribution in [0.2, 0.25) is 0 Å². The molecule has 0 bridgehead atoms. The van der Waals surface area contributed by atoms with Gasteiger partial charge in [0.15, 0.2) is 9.84 Å². The van der Waals surface area contributed by atoms with Gasteiger partial charge < -0.3 is 5.11 Å². The number of rotatable bonds is 2. The summed E-state index contributed by atoms with van der Waals surface area (Å²) in [7, 11) is -3.30. The second-order valence-corrected chi connectivity index (χ2v) is 7.20. The van der Waals surface area contributed by atoms with Crippen molar-refractivity contribution in [1.82, 2.24) is 0 Å². The van der Waals surface area contributed by atoms with Crippen molar-refractivity contribution in [3.05, 3.63) is 35.1 Å². The van der Waals surface area contributed by atoms with E-state index in [1.807, 2.05) is 6.07 Å². The number of halogens is 1. The molecule has 1 N–H and O–H groups in total. The average molecular weight is 283 g/mol. The van der Waals surface area contributed by atoms with Crippen LogP contribution in [0, 0.1) is 29.5 Å². The average Bonchev–Trinajstić information content (AvgIpc) is 2.65. The highest BCUT2D eigenvalue weighted by Crippen LogP contribution is 2.43. The van der Waals surface area contributed by atoms with Gasteiger partial charge in [-0.15, -0.1) is 0 Å². The summed E-state index contributed by atoms with van der Waals surface area (Å²) >= 11 is 0. The smallest absolute Gasteiger partial charge is 0.152 e. The lowest BCUT2D eigenvalue weighted by Crippen LogP contribution is -2.29. The van der Waals surface area contributed by atoms with E-state index in [0.717, 1.165) is 0 Å². The maximum absolute atomic E-state index is 13.0. The van der Waals surface area contributed by atoms with Crippen LogP contribution in [-0.4, -0.2) is 25.0 Å². The zero-order valence-corrected chi connectivity index (χ0v) is 11.2. The van der Waals surface area contributed by atoms with Gasteiger partial charge in [-0.2, -0.15) is 5.26 Å². The van der Waals surface area contributed by atoms with Crippen LogP contribution >= 0.6 is 0 Å². The summed E-state index contributed by atoms with van der Waals surface area (Å²) in [4.78, 5) is 0. The Labute approximate surface area is 111 Å². The number of sulfone groups is 1. The molecule has 2 rings (SSSR count). The van der Waals surface area contributed by atoms with Crippen LogP contribution < -0.4 is 0 Å². The van der Waals surface area contributed by atoms with E-state index in [2.05, 4.69) is 0 Å². The molecule has 19 heavy (non-hydrogen) atoms. The van der Waals surface area contributed by atoms with Gasteiger partial charge in [0.2, 0.25) is 0 Å². The first-order valence-electron chi connectivity index (χ1n) is 5.85. The lowest BCUT2D eigenvalue weighted by Gasteiger charge is -2.27. The third-order valence-electron chi connectivity index (χ3n) is 3.61. The Kier molecular flexibility index (Phi) is 3.37. The molecule has 6 heteroatoms. The van der Waals surface area contributed by atoms with Crippen molar-refractivity contribution < 1.29 is 17.9 Å². The van der Waals surface area contributed by atoms with Crippen LogP contribution in [0.4, 0.5) is 4.39 Å². The van der Waals surface area contributed by atoms with Gasteiger partial charge in [-0.1, -0.05) is 6.07 Å². The van der Waals surface area contributed by atoms with Crippen LogP contribution in [0.25, 0.3) is 0 Å². The SMILES string of the molecule is Cc1cc(F)ccc1C(O)C1(C#N)CCS(=O)(=O)C1. The van der Waals surface area contributed by atoms with E-state index in [1.165, 1.54) is 18.2 Å². The first-order valence-corrected chi connectivity index (χ1v) is 7.68. The molecule has 1 heterocycles. The number of nitrogens with zero attached hydrogens (tertiary/aromatic N) is 1. The maximum Gasteiger partial charge on any atom is 0.152 e. The third-order valence-corrected chi connectivity index (χ3v) is 5.39. The van der Waals surface area contributed by atoms with Crippen molar-refractivity contribution >= 4 is 9.84 Å². The normalized spacial score (nSPS) is 26.8. The molecule has 1 fully saturated rings. The molecular weight excluding hydrogens is 269 g/mol. The second kappa shape index (κ2) is 4.58. The summed E-state index contributed by atoms with van der Waals surface area (Å²) in [5, 5.41) is 19.6. The van der Waals surface area contributed by atoms with Gasteiger partial charge in [-0.3, -0.25) is 0 Å². The fourth-order valence-electron chi connectivity index (χ4n) is 2.48. The number of nitriles is 1. The molecular formula is C13H14FNO3S. The van der Waals surface area contributed by atoms with Crippen LogP contribution in [0.3, 0.4) is 0 Å². The van der Waals surface area contributed by atoms with Gasteiger partial charge in [0, 0.05) is 0 Å². The van der Waals surface area contributed by atoms with Crippen LogP contribution in [0.5, 0.6) is 0 Å². The summed E-state index contributed by atoms with van der Waals surface area (Å²) in [5.74, 6) is -0.884. The highest BCUT2D eigenvalue weighted by molar-refractivity contribution is 7.91. The predicted octanol–water partition coefficient (Wildman–Crippen LogP) is 1.50. The summed E-state index contributed by atoms with van der Waals surface area (Å²) in [5.41, 5.74) is -0.423. The van der Waals surface area contributed by atoms with Crippen LogP contribution in [0.1, 0.15) is 23.7 Å². The van der Waals surface area contributed by atoms with Gasteiger partial charge in [0.1, 0.15) is 11.2 Å². The molecule has 0 radical (unpaired) electrons. The van der Waals surface area contributed by atoms with Crippen molar-refractivity contribution in [3.8, 4) is 6.07 Å². The largest absolute Gasteiger partial charge is 0.387 e. The summed E-state index contributed by atoms with van der Waals surface area (Å²) in [6.07, 6.45) is -1.13. The summed E-state index contributed by atoms with van der Waals surface area (Å²) < 4.78 is 36.2. The monoisotopic (exact) mass is 283 g/mol. The van der Waals surface area contributed by atoms with E-state index in [1.54, 1.807) is 6.92 Å². The van der Waals surface area contributed by atoms with E-state index in [9.17, 15) is 23.2 Å². The lowest BCUT2D eigenvalue weighted by atomic mass is 9.79. The quantitative estimate of drug-likeness (QED) is 0.892. The number of hydrogen-bond donors (Lipinski definition) is 1. The molecule has 0 spiro atoms. The topological polar surface area (TPSA) is 78.2 Å². The number of benzene rings is 1. The van der Waals surface area contributed by atoms with E-state index in [-0.39, 0.29) is 17.9 Å². The molecule has 0 aliphatic carbocycles. The molecule has 1 aliphatic heterocycles. The Hall–Kier alpha value is -1.45.